The summed E-state index contributed by atoms with van der Waals surface area (Å²) in [7, 11) is 0. The van der Waals surface area contributed by atoms with Gasteiger partial charge in [-0.25, -0.2) is 15.0 Å². The Balaban J connectivity index is 2.15. The molecule has 3 aromatic heterocycles. The molecule has 0 aromatic carbocycles. The monoisotopic (exact) mass is 374 g/mol. The van der Waals surface area contributed by atoms with Crippen LogP contribution in [0.1, 0.15) is 33.5 Å². The summed E-state index contributed by atoms with van der Waals surface area (Å²) in [4.78, 5) is 23.4. The Kier molecular flexibility index (Phi) is 4.77. The molecule has 2 N–H and O–H groups in total. The maximum atomic E-state index is 13.9. The molecule has 0 atom stereocenters. The molecule has 0 aliphatic heterocycles. The Morgan fingerprint density at radius 2 is 1.96 bits per heavy atom. The first-order chi connectivity index (χ1) is 12.6. The topological polar surface area (TPSA) is 84.7 Å². The molecule has 0 bridgehead atoms. The van der Waals surface area contributed by atoms with E-state index in [4.69, 9.17) is 0 Å². The molecule has 0 radical (unpaired) electrons. The lowest BCUT2D eigenvalue weighted by Crippen LogP contribution is -2.18. The van der Waals surface area contributed by atoms with Gasteiger partial charge in [-0.2, -0.15) is 8.78 Å². The van der Waals surface area contributed by atoms with E-state index in [1.165, 1.54) is 6.92 Å². The van der Waals surface area contributed by atoms with E-state index in [9.17, 15) is 13.6 Å². The third kappa shape index (κ3) is 4.18. The van der Waals surface area contributed by atoms with Gasteiger partial charge >= 0.3 is 5.92 Å². The number of nitrogens with one attached hydrogen (secondary N) is 2. The van der Waals surface area contributed by atoms with Crippen LogP contribution in [0.15, 0.2) is 30.6 Å². The third-order valence-corrected chi connectivity index (χ3v) is 3.67. The highest BCUT2D eigenvalue weighted by atomic mass is 19.3. The van der Waals surface area contributed by atoms with Gasteiger partial charge in [0.1, 0.15) is 17.5 Å². The Morgan fingerprint density at radius 3 is 2.59 bits per heavy atom. The molecule has 0 aliphatic rings. The fourth-order valence-electron chi connectivity index (χ4n) is 2.60. The number of hydrogen-bond donors (Lipinski definition) is 2. The van der Waals surface area contributed by atoms with Crippen LogP contribution in [0.25, 0.3) is 16.7 Å². The summed E-state index contributed by atoms with van der Waals surface area (Å²) in [5.41, 5.74) is 0.674. The van der Waals surface area contributed by atoms with Crippen LogP contribution in [0.4, 0.5) is 20.4 Å². The van der Waals surface area contributed by atoms with Crippen molar-refractivity contribution in [1.29, 1.82) is 0 Å². The van der Waals surface area contributed by atoms with Crippen LogP contribution in [0.5, 0.6) is 0 Å². The van der Waals surface area contributed by atoms with Gasteiger partial charge in [0.15, 0.2) is 0 Å². The van der Waals surface area contributed by atoms with E-state index >= 15 is 0 Å². The predicted octanol–water partition coefficient (Wildman–Crippen LogP) is 3.71. The van der Waals surface area contributed by atoms with Gasteiger partial charge in [-0.15, -0.1) is 0 Å². The maximum absolute atomic E-state index is 13.9. The number of fused-ring (bicyclic) bond motifs is 1. The lowest BCUT2D eigenvalue weighted by atomic mass is 10.3. The van der Waals surface area contributed by atoms with Crippen molar-refractivity contribution in [2.24, 2.45) is 0 Å². The number of rotatable bonds is 5. The standard InChI is InChI=1S/C18H20F2N6O/c1-10(2)22-15-8-16(25-17(24-15)18(4,19)20)26-6-5-12-9-21-14(7-13(12)26)23-11(3)27/h5-10H,1-4H3,(H,21,23,27)(H,22,24,25). The van der Waals surface area contributed by atoms with E-state index in [0.717, 1.165) is 12.3 Å². The van der Waals surface area contributed by atoms with E-state index < -0.39 is 11.7 Å². The van der Waals surface area contributed by atoms with Crippen molar-refractivity contribution in [1.82, 2.24) is 19.5 Å². The minimum absolute atomic E-state index is 0.0167. The van der Waals surface area contributed by atoms with Gasteiger partial charge in [0.05, 0.1) is 5.52 Å². The number of pyridine rings is 1. The Labute approximate surface area is 154 Å². The molecule has 0 saturated carbocycles. The van der Waals surface area contributed by atoms with Gasteiger partial charge in [-0.1, -0.05) is 0 Å². The zero-order chi connectivity index (χ0) is 19.8. The molecule has 3 heterocycles. The number of halogens is 2. The minimum atomic E-state index is -3.19. The van der Waals surface area contributed by atoms with E-state index in [1.807, 2.05) is 13.8 Å². The van der Waals surface area contributed by atoms with Crippen LogP contribution in [-0.4, -0.2) is 31.5 Å². The van der Waals surface area contributed by atoms with Crippen LogP contribution >= 0.6 is 0 Å². The number of nitrogens with zero attached hydrogens (tertiary/aromatic N) is 4. The average Bonchev–Trinajstić information content (AvgIpc) is 2.95. The van der Waals surface area contributed by atoms with E-state index in [2.05, 4.69) is 25.6 Å². The molecule has 3 aromatic rings. The van der Waals surface area contributed by atoms with Crippen molar-refractivity contribution in [2.45, 2.75) is 39.7 Å². The van der Waals surface area contributed by atoms with Crippen molar-refractivity contribution in [3.63, 3.8) is 0 Å². The smallest absolute Gasteiger partial charge is 0.303 e. The molecule has 1 amide bonds. The first-order valence-corrected chi connectivity index (χ1v) is 8.42. The summed E-state index contributed by atoms with van der Waals surface area (Å²) >= 11 is 0. The number of carbonyl (C=O) groups is 1. The number of aromatic nitrogens is 4. The maximum Gasteiger partial charge on any atom is 0.303 e. The Bertz CT molecular complexity index is 993. The molecule has 3 rings (SSSR count). The average molecular weight is 374 g/mol. The van der Waals surface area contributed by atoms with Gasteiger partial charge in [0.2, 0.25) is 11.7 Å². The molecule has 27 heavy (non-hydrogen) atoms. The first-order valence-electron chi connectivity index (χ1n) is 8.42. The van der Waals surface area contributed by atoms with Crippen molar-refractivity contribution < 1.29 is 13.6 Å². The fourth-order valence-corrected chi connectivity index (χ4v) is 2.60. The second kappa shape index (κ2) is 6.90. The van der Waals surface area contributed by atoms with E-state index in [-0.39, 0.29) is 11.9 Å². The van der Waals surface area contributed by atoms with Crippen LogP contribution in [0.2, 0.25) is 0 Å². The zero-order valence-electron chi connectivity index (χ0n) is 15.4. The SMILES string of the molecule is CC(=O)Nc1cc2c(ccn2-c2cc(NC(C)C)nc(C(C)(F)F)n2)cn1. The lowest BCUT2D eigenvalue weighted by molar-refractivity contribution is -0.114. The summed E-state index contributed by atoms with van der Waals surface area (Å²) in [6.45, 7) is 5.93. The molecule has 0 spiro atoms. The number of carbonyl (C=O) groups excluding carboxylic acids is 1. The van der Waals surface area contributed by atoms with Crippen LogP contribution in [0, 0.1) is 0 Å². The highest BCUT2D eigenvalue weighted by Crippen LogP contribution is 2.28. The zero-order valence-corrected chi connectivity index (χ0v) is 15.4. The summed E-state index contributed by atoms with van der Waals surface area (Å²) in [6, 6.07) is 5.08. The van der Waals surface area contributed by atoms with Gasteiger partial charge in [-0.05, 0) is 19.9 Å². The minimum Gasteiger partial charge on any atom is -0.368 e. The van der Waals surface area contributed by atoms with Gasteiger partial charge in [0, 0.05) is 49.8 Å². The molecule has 9 heteroatoms. The highest BCUT2D eigenvalue weighted by Gasteiger charge is 2.29. The van der Waals surface area contributed by atoms with Crippen LogP contribution < -0.4 is 10.6 Å². The molecule has 0 aliphatic carbocycles. The van der Waals surface area contributed by atoms with E-state index in [1.54, 1.807) is 35.2 Å². The number of amides is 1. The van der Waals surface area contributed by atoms with Crippen molar-refractivity contribution in [3.8, 4) is 5.82 Å². The third-order valence-electron chi connectivity index (χ3n) is 3.67. The molecule has 142 valence electrons. The summed E-state index contributed by atoms with van der Waals surface area (Å²) in [6.07, 6.45) is 3.31. The second-order valence-electron chi connectivity index (χ2n) is 6.62. The van der Waals surface area contributed by atoms with Gasteiger partial charge < -0.3 is 15.2 Å². The van der Waals surface area contributed by atoms with Crippen LogP contribution in [0.3, 0.4) is 0 Å². The highest BCUT2D eigenvalue weighted by molar-refractivity contribution is 5.91. The fraction of sp³-hybridized carbons (Fsp3) is 0.333. The predicted molar refractivity (Wildman–Crippen MR) is 99.3 cm³/mol. The molecular weight excluding hydrogens is 354 g/mol. The summed E-state index contributed by atoms with van der Waals surface area (Å²) < 4.78 is 29.4. The number of anilines is 2. The second-order valence-corrected chi connectivity index (χ2v) is 6.62. The summed E-state index contributed by atoms with van der Waals surface area (Å²) in [5.74, 6) is -3.04. The Morgan fingerprint density at radius 1 is 1.22 bits per heavy atom. The number of alkyl halides is 2. The molecule has 7 nitrogen and oxygen atoms in total. The van der Waals surface area contributed by atoms with E-state index in [0.29, 0.717) is 23.0 Å². The van der Waals surface area contributed by atoms with Gasteiger partial charge in [-0.3, -0.25) is 4.79 Å². The lowest BCUT2D eigenvalue weighted by Gasteiger charge is -2.16. The van der Waals surface area contributed by atoms with Crippen molar-refractivity contribution in [3.05, 3.63) is 36.4 Å². The largest absolute Gasteiger partial charge is 0.368 e. The molecule has 0 unspecified atom stereocenters. The van der Waals surface area contributed by atoms with Crippen molar-refractivity contribution in [2.75, 3.05) is 10.6 Å². The Hall–Kier alpha value is -3.10. The van der Waals surface area contributed by atoms with Gasteiger partial charge in [0.25, 0.3) is 0 Å². The number of hydrogen-bond acceptors (Lipinski definition) is 5. The molecular formula is C18H20F2N6O. The van der Waals surface area contributed by atoms with Crippen molar-refractivity contribution >= 4 is 28.4 Å². The molecule has 0 saturated heterocycles. The quantitative estimate of drug-likeness (QED) is 0.711. The summed E-state index contributed by atoms with van der Waals surface area (Å²) in [5, 5.41) is 6.43. The normalized spacial score (nSPS) is 11.8. The van der Waals surface area contributed by atoms with Crippen LogP contribution in [-0.2, 0) is 10.7 Å². The molecule has 0 fully saturated rings. The first kappa shape index (κ1) is 18.7.